The molecule has 5 heteroatoms. The number of hydrogen-bond donors (Lipinski definition) is 1. The lowest BCUT2D eigenvalue weighted by molar-refractivity contribution is 0.587. The van der Waals surface area contributed by atoms with Crippen molar-refractivity contribution in [1.82, 2.24) is 10.3 Å². The van der Waals surface area contributed by atoms with Crippen LogP contribution in [0.5, 0.6) is 0 Å². The summed E-state index contributed by atoms with van der Waals surface area (Å²) in [5.74, 6) is -0.937. The minimum atomic E-state index is -0.499. The highest BCUT2D eigenvalue weighted by molar-refractivity contribution is 5.95. The summed E-state index contributed by atoms with van der Waals surface area (Å²) in [4.78, 5) is 6.50. The topological polar surface area (TPSA) is 28.2 Å². The molecule has 1 fully saturated rings. The maximum absolute atomic E-state index is 14.5. The normalized spacial score (nSPS) is 15.0. The van der Waals surface area contributed by atoms with Gasteiger partial charge in [0.2, 0.25) is 0 Å². The van der Waals surface area contributed by atoms with Crippen LogP contribution in [-0.4, -0.2) is 31.2 Å². The number of halogens is 2. The van der Waals surface area contributed by atoms with E-state index in [1.54, 1.807) is 0 Å². The summed E-state index contributed by atoms with van der Waals surface area (Å²) in [6.07, 6.45) is 0. The summed E-state index contributed by atoms with van der Waals surface area (Å²) in [5, 5.41) is 3.54. The highest BCUT2D eigenvalue weighted by Crippen LogP contribution is 2.34. The average Bonchev–Trinajstić information content (AvgIpc) is 2.65. The van der Waals surface area contributed by atoms with Crippen LogP contribution in [0.1, 0.15) is 0 Å². The third-order valence-corrected chi connectivity index (χ3v) is 4.37. The third-order valence-electron chi connectivity index (χ3n) is 4.37. The van der Waals surface area contributed by atoms with Crippen molar-refractivity contribution < 1.29 is 8.78 Å². The third kappa shape index (κ3) is 2.61. The highest BCUT2D eigenvalue weighted by Gasteiger charge is 2.20. The summed E-state index contributed by atoms with van der Waals surface area (Å²) < 4.78 is 28.8. The van der Waals surface area contributed by atoms with Crippen molar-refractivity contribution >= 4 is 16.6 Å². The second-order valence-corrected chi connectivity index (χ2v) is 5.88. The van der Waals surface area contributed by atoms with Gasteiger partial charge in [-0.1, -0.05) is 30.3 Å². The first-order chi connectivity index (χ1) is 11.7. The Hall–Kier alpha value is -2.53. The number of pyridine rings is 1. The van der Waals surface area contributed by atoms with Crippen LogP contribution >= 0.6 is 0 Å². The number of aromatic nitrogens is 1. The number of fused-ring (bicyclic) bond motifs is 1. The van der Waals surface area contributed by atoms with Gasteiger partial charge in [-0.15, -0.1) is 0 Å². The Labute approximate surface area is 138 Å². The Bertz CT molecular complexity index is 875. The zero-order valence-corrected chi connectivity index (χ0v) is 13.1. The van der Waals surface area contributed by atoms with Crippen LogP contribution < -0.4 is 10.2 Å². The second kappa shape index (κ2) is 6.17. The highest BCUT2D eigenvalue weighted by atomic mass is 19.1. The van der Waals surface area contributed by atoms with Gasteiger partial charge < -0.3 is 10.2 Å². The lowest BCUT2D eigenvalue weighted by Gasteiger charge is -2.30. The van der Waals surface area contributed by atoms with Crippen LogP contribution in [0.25, 0.3) is 22.2 Å². The maximum Gasteiger partial charge on any atom is 0.149 e. The molecule has 0 aliphatic carbocycles. The van der Waals surface area contributed by atoms with E-state index < -0.39 is 11.6 Å². The van der Waals surface area contributed by atoms with Gasteiger partial charge >= 0.3 is 0 Å². The summed E-state index contributed by atoms with van der Waals surface area (Å²) in [6.45, 7) is 3.15. The van der Waals surface area contributed by atoms with Crippen LogP contribution in [0, 0.1) is 11.6 Å². The first-order valence-corrected chi connectivity index (χ1v) is 8.04. The van der Waals surface area contributed by atoms with E-state index in [9.17, 15) is 8.78 Å². The van der Waals surface area contributed by atoms with Gasteiger partial charge in [0.1, 0.15) is 17.2 Å². The molecule has 3 aromatic rings. The van der Waals surface area contributed by atoms with Crippen LogP contribution in [-0.2, 0) is 0 Å². The van der Waals surface area contributed by atoms with Gasteiger partial charge in [0, 0.05) is 31.7 Å². The van der Waals surface area contributed by atoms with Gasteiger partial charge in [0.05, 0.1) is 16.8 Å². The Kier molecular flexibility index (Phi) is 3.86. The number of rotatable bonds is 2. The van der Waals surface area contributed by atoms with Crippen molar-refractivity contribution in [2.24, 2.45) is 0 Å². The van der Waals surface area contributed by atoms with E-state index in [-0.39, 0.29) is 10.9 Å². The zero-order chi connectivity index (χ0) is 16.5. The number of piperazine rings is 1. The molecule has 0 amide bonds. The molecule has 1 saturated heterocycles. The van der Waals surface area contributed by atoms with Gasteiger partial charge in [-0.05, 0) is 18.2 Å². The number of hydrogen-bond acceptors (Lipinski definition) is 3. The van der Waals surface area contributed by atoms with E-state index in [0.29, 0.717) is 11.4 Å². The molecular weight excluding hydrogens is 308 g/mol. The van der Waals surface area contributed by atoms with Gasteiger partial charge in [-0.3, -0.25) is 0 Å². The SMILES string of the molecule is Fc1ccc(F)c2c(N3CCNCC3)cc(-c3ccccc3)nc12. The van der Waals surface area contributed by atoms with Crippen molar-refractivity contribution in [2.75, 3.05) is 31.1 Å². The fourth-order valence-corrected chi connectivity index (χ4v) is 3.16. The molecule has 0 unspecified atom stereocenters. The number of anilines is 1. The molecule has 0 atom stereocenters. The molecule has 0 spiro atoms. The first-order valence-electron chi connectivity index (χ1n) is 8.04. The molecule has 24 heavy (non-hydrogen) atoms. The Morgan fingerprint density at radius 3 is 2.38 bits per heavy atom. The maximum atomic E-state index is 14.5. The summed E-state index contributed by atoms with van der Waals surface area (Å²) >= 11 is 0. The smallest absolute Gasteiger partial charge is 0.149 e. The van der Waals surface area contributed by atoms with E-state index >= 15 is 0 Å². The van der Waals surface area contributed by atoms with Crippen molar-refractivity contribution in [3.05, 3.63) is 60.2 Å². The van der Waals surface area contributed by atoms with E-state index in [0.717, 1.165) is 37.8 Å². The molecule has 4 rings (SSSR count). The van der Waals surface area contributed by atoms with Gasteiger partial charge in [-0.2, -0.15) is 0 Å². The summed E-state index contributed by atoms with van der Waals surface area (Å²) in [6, 6.07) is 13.8. The van der Waals surface area contributed by atoms with Crippen LogP contribution in [0.15, 0.2) is 48.5 Å². The molecule has 0 radical (unpaired) electrons. The fourth-order valence-electron chi connectivity index (χ4n) is 3.16. The van der Waals surface area contributed by atoms with Crippen LogP contribution in [0.3, 0.4) is 0 Å². The molecular formula is C19H17F2N3. The lowest BCUT2D eigenvalue weighted by Crippen LogP contribution is -2.43. The minimum Gasteiger partial charge on any atom is -0.368 e. The average molecular weight is 325 g/mol. The van der Waals surface area contributed by atoms with E-state index in [4.69, 9.17) is 0 Å². The zero-order valence-electron chi connectivity index (χ0n) is 13.1. The molecule has 1 N–H and O–H groups in total. The van der Waals surface area contributed by atoms with Crippen molar-refractivity contribution in [1.29, 1.82) is 0 Å². The minimum absolute atomic E-state index is 0.0879. The van der Waals surface area contributed by atoms with Gasteiger partial charge in [0.15, 0.2) is 0 Å². The number of nitrogens with zero attached hydrogens (tertiary/aromatic N) is 2. The van der Waals surface area contributed by atoms with Crippen LogP contribution in [0.2, 0.25) is 0 Å². The molecule has 1 aromatic heterocycles. The second-order valence-electron chi connectivity index (χ2n) is 5.88. The summed E-state index contributed by atoms with van der Waals surface area (Å²) in [5.41, 5.74) is 2.34. The Morgan fingerprint density at radius 2 is 1.62 bits per heavy atom. The molecule has 0 bridgehead atoms. The van der Waals surface area contributed by atoms with Gasteiger partial charge in [0.25, 0.3) is 0 Å². The van der Waals surface area contributed by atoms with E-state index in [1.165, 1.54) is 6.07 Å². The first kappa shape index (κ1) is 15.0. The molecule has 1 aliphatic heterocycles. The molecule has 2 aromatic carbocycles. The molecule has 3 nitrogen and oxygen atoms in total. The Morgan fingerprint density at radius 1 is 0.917 bits per heavy atom. The van der Waals surface area contributed by atoms with Gasteiger partial charge in [-0.25, -0.2) is 13.8 Å². The lowest BCUT2D eigenvalue weighted by atomic mass is 10.1. The molecule has 2 heterocycles. The van der Waals surface area contributed by atoms with Crippen molar-refractivity contribution in [2.45, 2.75) is 0 Å². The number of nitrogens with one attached hydrogen (secondary N) is 1. The monoisotopic (exact) mass is 325 g/mol. The predicted octanol–water partition coefficient (Wildman–Crippen LogP) is 3.59. The summed E-state index contributed by atoms with van der Waals surface area (Å²) in [7, 11) is 0. The predicted molar refractivity (Wildman–Crippen MR) is 92.2 cm³/mol. The van der Waals surface area contributed by atoms with Crippen molar-refractivity contribution in [3.8, 4) is 11.3 Å². The Balaban J connectivity index is 1.98. The fraction of sp³-hybridized carbons (Fsp3) is 0.211. The van der Waals surface area contributed by atoms with E-state index in [1.807, 2.05) is 36.4 Å². The van der Waals surface area contributed by atoms with Crippen LogP contribution in [0.4, 0.5) is 14.5 Å². The molecule has 0 saturated carbocycles. The van der Waals surface area contributed by atoms with Crippen molar-refractivity contribution in [3.63, 3.8) is 0 Å². The standard InChI is InChI=1S/C19H17F2N3/c20-14-6-7-15(21)19-18(14)17(24-10-8-22-9-11-24)12-16(23-19)13-4-2-1-3-5-13/h1-7,12,22H,8-11H2. The molecule has 122 valence electrons. The van der Waals surface area contributed by atoms with E-state index in [2.05, 4.69) is 15.2 Å². The number of benzene rings is 2. The molecule has 1 aliphatic rings. The largest absolute Gasteiger partial charge is 0.368 e. The quantitative estimate of drug-likeness (QED) is 0.780.